The van der Waals surface area contributed by atoms with E-state index >= 15 is 0 Å². The lowest BCUT2D eigenvalue weighted by Crippen LogP contribution is -2.38. The topological polar surface area (TPSA) is 152 Å². The molecule has 2 N–H and O–H groups in total. The largest absolute Gasteiger partial charge is 0.467 e. The molecule has 0 bridgehead atoms. The van der Waals surface area contributed by atoms with Gasteiger partial charge in [0.05, 0.1) is 39.6 Å². The van der Waals surface area contributed by atoms with Crippen LogP contribution in [0.2, 0.25) is 0 Å². The number of nitro groups is 1. The Balaban J connectivity index is 1.61. The summed E-state index contributed by atoms with van der Waals surface area (Å²) in [6, 6.07) is 20.6. The van der Waals surface area contributed by atoms with E-state index in [-0.39, 0.29) is 34.1 Å². The molecule has 0 saturated carbocycles. The third-order valence-corrected chi connectivity index (χ3v) is 7.46. The molecule has 0 spiro atoms. The van der Waals surface area contributed by atoms with Gasteiger partial charge in [0.25, 0.3) is 21.6 Å². The molecule has 0 fully saturated rings. The number of para-hydroxylation sites is 1. The van der Waals surface area contributed by atoms with Gasteiger partial charge in [-0.25, -0.2) is 8.42 Å². The average molecular weight is 549 g/mol. The van der Waals surface area contributed by atoms with Gasteiger partial charge in [-0.2, -0.15) is 0 Å². The molecule has 12 heteroatoms. The van der Waals surface area contributed by atoms with Crippen molar-refractivity contribution in [3.05, 3.63) is 118 Å². The maximum absolute atomic E-state index is 13.6. The molecule has 0 unspecified atom stereocenters. The Kier molecular flexibility index (Phi) is 8.06. The van der Waals surface area contributed by atoms with Crippen LogP contribution in [0.15, 0.2) is 101 Å². The number of hydrogen-bond donors (Lipinski definition) is 2. The second kappa shape index (κ2) is 11.6. The van der Waals surface area contributed by atoms with Crippen molar-refractivity contribution in [1.29, 1.82) is 0 Å². The van der Waals surface area contributed by atoms with Crippen LogP contribution in [-0.4, -0.2) is 31.7 Å². The van der Waals surface area contributed by atoms with E-state index in [0.29, 0.717) is 5.76 Å². The predicted molar refractivity (Wildman–Crippen MR) is 144 cm³/mol. The Bertz CT molecular complexity index is 1600. The van der Waals surface area contributed by atoms with Crippen LogP contribution in [-0.2, 0) is 21.4 Å². The lowest BCUT2D eigenvalue weighted by molar-refractivity contribution is -0.384. The van der Waals surface area contributed by atoms with E-state index in [9.17, 15) is 28.1 Å². The zero-order valence-electron chi connectivity index (χ0n) is 20.7. The first-order valence-electron chi connectivity index (χ1n) is 11.7. The summed E-state index contributed by atoms with van der Waals surface area (Å²) >= 11 is 0. The number of furan rings is 1. The molecule has 1 aromatic heterocycles. The van der Waals surface area contributed by atoms with Crippen molar-refractivity contribution in [3.63, 3.8) is 0 Å². The minimum absolute atomic E-state index is 0.0654. The fraction of sp³-hybridized carbons (Fsp3) is 0.111. The minimum Gasteiger partial charge on any atom is -0.467 e. The molecule has 2 amide bonds. The lowest BCUT2D eigenvalue weighted by atomic mass is 10.1. The summed E-state index contributed by atoms with van der Waals surface area (Å²) in [4.78, 5) is 36.5. The summed E-state index contributed by atoms with van der Waals surface area (Å²) in [6.45, 7) is 1.22. The van der Waals surface area contributed by atoms with Gasteiger partial charge < -0.3 is 15.1 Å². The molecule has 0 aliphatic carbocycles. The van der Waals surface area contributed by atoms with Crippen LogP contribution < -0.4 is 14.9 Å². The van der Waals surface area contributed by atoms with Crippen molar-refractivity contribution in [3.8, 4) is 0 Å². The number of carbonyl (C=O) groups excluding carboxylic acids is 2. The fourth-order valence-electron chi connectivity index (χ4n) is 3.70. The number of carbonyl (C=O) groups is 2. The van der Waals surface area contributed by atoms with E-state index in [0.717, 1.165) is 15.9 Å². The molecular weight excluding hydrogens is 524 g/mol. The highest BCUT2D eigenvalue weighted by molar-refractivity contribution is 7.92. The Labute approximate surface area is 224 Å². The van der Waals surface area contributed by atoms with Crippen molar-refractivity contribution < 1.29 is 27.3 Å². The van der Waals surface area contributed by atoms with E-state index in [4.69, 9.17) is 4.42 Å². The average Bonchev–Trinajstić information content (AvgIpc) is 3.45. The van der Waals surface area contributed by atoms with Gasteiger partial charge in [-0.15, -0.1) is 0 Å². The minimum atomic E-state index is -4.30. The number of rotatable bonds is 10. The number of hydrogen-bond acceptors (Lipinski definition) is 7. The number of nitrogens with zero attached hydrogens (tertiary/aromatic N) is 2. The van der Waals surface area contributed by atoms with Crippen LogP contribution in [0.4, 0.5) is 17.1 Å². The van der Waals surface area contributed by atoms with E-state index in [1.165, 1.54) is 48.7 Å². The smallest absolute Gasteiger partial charge is 0.271 e. The number of non-ortho nitro benzene ring substituents is 1. The molecule has 3 aromatic carbocycles. The van der Waals surface area contributed by atoms with Gasteiger partial charge in [0, 0.05) is 12.1 Å². The third kappa shape index (κ3) is 6.48. The van der Waals surface area contributed by atoms with E-state index in [1.54, 1.807) is 43.3 Å². The molecule has 0 saturated heterocycles. The molecule has 0 radical (unpaired) electrons. The maximum atomic E-state index is 13.6. The molecule has 0 aliphatic rings. The SMILES string of the molecule is Cc1ccc(S(=O)(=O)N(CC(=O)Nc2ccccc2C(=O)NCc2ccco2)c2cccc([N+](=O)[O-])c2)cc1. The normalized spacial score (nSPS) is 11.0. The summed E-state index contributed by atoms with van der Waals surface area (Å²) < 4.78 is 33.2. The quantitative estimate of drug-likeness (QED) is 0.222. The number of benzene rings is 3. The number of sulfonamides is 1. The lowest BCUT2D eigenvalue weighted by Gasteiger charge is -2.24. The number of nitro benzene ring substituents is 1. The molecule has 0 aliphatic heterocycles. The standard InChI is InChI=1S/C27H24N4O7S/c1-19-11-13-23(14-12-19)39(36,37)30(20-6-4-7-21(16-20)31(34)35)18-26(32)29-25-10-3-2-9-24(25)27(33)28-17-22-8-5-15-38-22/h2-16H,17-18H2,1H3,(H,28,33)(H,29,32). The van der Waals surface area contributed by atoms with E-state index in [2.05, 4.69) is 10.6 Å². The van der Waals surface area contributed by atoms with Crippen LogP contribution >= 0.6 is 0 Å². The second-order valence-electron chi connectivity index (χ2n) is 8.46. The van der Waals surface area contributed by atoms with Crippen molar-refractivity contribution in [2.75, 3.05) is 16.2 Å². The van der Waals surface area contributed by atoms with Crippen LogP contribution in [0, 0.1) is 17.0 Å². The first-order chi connectivity index (χ1) is 18.6. The predicted octanol–water partition coefficient (Wildman–Crippen LogP) is 4.26. The van der Waals surface area contributed by atoms with E-state index in [1.807, 2.05) is 0 Å². The third-order valence-electron chi connectivity index (χ3n) is 5.67. The molecule has 1 heterocycles. The molecule has 200 valence electrons. The molecule has 39 heavy (non-hydrogen) atoms. The van der Waals surface area contributed by atoms with Crippen molar-refractivity contribution >= 4 is 38.9 Å². The number of aryl methyl sites for hydroxylation is 1. The summed E-state index contributed by atoms with van der Waals surface area (Å²) in [5.41, 5.74) is 0.738. The summed E-state index contributed by atoms with van der Waals surface area (Å²) in [5.74, 6) is -0.702. The number of anilines is 2. The molecular formula is C27H24N4O7S. The van der Waals surface area contributed by atoms with Crippen LogP contribution in [0.25, 0.3) is 0 Å². The fourth-order valence-corrected chi connectivity index (χ4v) is 5.11. The van der Waals surface area contributed by atoms with Crippen LogP contribution in [0.5, 0.6) is 0 Å². The Morgan fingerprint density at radius 1 is 0.974 bits per heavy atom. The van der Waals surface area contributed by atoms with Gasteiger partial charge >= 0.3 is 0 Å². The Hall–Kier alpha value is -4.97. The summed E-state index contributed by atoms with van der Waals surface area (Å²) in [7, 11) is -4.30. The van der Waals surface area contributed by atoms with Crippen LogP contribution in [0.3, 0.4) is 0 Å². The first-order valence-corrected chi connectivity index (χ1v) is 13.1. The van der Waals surface area contributed by atoms with Gasteiger partial charge in [0.1, 0.15) is 12.3 Å². The van der Waals surface area contributed by atoms with Gasteiger partial charge in [0.2, 0.25) is 5.91 Å². The van der Waals surface area contributed by atoms with Gasteiger partial charge in [0.15, 0.2) is 0 Å². The van der Waals surface area contributed by atoms with Crippen molar-refractivity contribution in [2.45, 2.75) is 18.4 Å². The molecule has 4 aromatic rings. The van der Waals surface area contributed by atoms with Crippen molar-refractivity contribution in [1.82, 2.24) is 5.32 Å². The maximum Gasteiger partial charge on any atom is 0.271 e. The van der Waals surface area contributed by atoms with Crippen molar-refractivity contribution in [2.24, 2.45) is 0 Å². The van der Waals surface area contributed by atoms with Gasteiger partial charge in [-0.1, -0.05) is 35.9 Å². The highest BCUT2D eigenvalue weighted by Crippen LogP contribution is 2.27. The zero-order chi connectivity index (χ0) is 28.0. The second-order valence-corrected chi connectivity index (χ2v) is 10.3. The van der Waals surface area contributed by atoms with Gasteiger partial charge in [-0.05, 0) is 49.4 Å². The van der Waals surface area contributed by atoms with E-state index < -0.39 is 33.3 Å². The number of amides is 2. The highest BCUT2D eigenvalue weighted by Gasteiger charge is 2.29. The molecule has 11 nitrogen and oxygen atoms in total. The molecule has 4 rings (SSSR count). The number of nitrogens with one attached hydrogen (secondary N) is 2. The van der Waals surface area contributed by atoms with Crippen LogP contribution in [0.1, 0.15) is 21.7 Å². The Morgan fingerprint density at radius 2 is 1.72 bits per heavy atom. The summed E-state index contributed by atoms with van der Waals surface area (Å²) in [6.07, 6.45) is 1.48. The Morgan fingerprint density at radius 3 is 2.41 bits per heavy atom. The first kappa shape index (κ1) is 27.1. The molecule has 0 atom stereocenters. The zero-order valence-corrected chi connectivity index (χ0v) is 21.6. The summed E-state index contributed by atoms with van der Waals surface area (Å²) in [5, 5.41) is 16.6. The van der Waals surface area contributed by atoms with Gasteiger partial charge in [-0.3, -0.25) is 24.0 Å². The monoisotopic (exact) mass is 548 g/mol. The highest BCUT2D eigenvalue weighted by atomic mass is 32.2.